The first kappa shape index (κ1) is 24.5. The molecule has 2 unspecified atom stereocenters. The number of hydrogen-bond donors (Lipinski definition) is 2. The largest absolute Gasteiger partial charge is 0.495 e. The summed E-state index contributed by atoms with van der Waals surface area (Å²) in [4.78, 5) is 6.90. The number of benzene rings is 2. The first-order valence-electron chi connectivity index (χ1n) is 11.1. The summed E-state index contributed by atoms with van der Waals surface area (Å²) < 4.78 is 11.7. The molecule has 0 bridgehead atoms. The Bertz CT molecular complexity index is 934. The molecule has 0 saturated carbocycles. The molecule has 7 heteroatoms. The van der Waals surface area contributed by atoms with Crippen molar-refractivity contribution < 1.29 is 9.47 Å². The zero-order valence-electron chi connectivity index (χ0n) is 19.4. The summed E-state index contributed by atoms with van der Waals surface area (Å²) in [6.45, 7) is 7.22. The van der Waals surface area contributed by atoms with Crippen molar-refractivity contribution in [3.8, 4) is 11.5 Å². The van der Waals surface area contributed by atoms with Gasteiger partial charge in [0.25, 0.3) is 0 Å². The number of methoxy groups -OCH3 is 1. The molecular formula is C25H35IN4O2. The Morgan fingerprint density at radius 3 is 2.72 bits per heavy atom. The van der Waals surface area contributed by atoms with Crippen molar-refractivity contribution in [3.05, 3.63) is 54.1 Å². The topological polar surface area (TPSA) is 58.1 Å². The van der Waals surface area contributed by atoms with Crippen LogP contribution in [-0.4, -0.2) is 45.4 Å². The highest BCUT2D eigenvalue weighted by molar-refractivity contribution is 14.0. The predicted octanol–water partition coefficient (Wildman–Crippen LogP) is 4.61. The summed E-state index contributed by atoms with van der Waals surface area (Å²) in [6, 6.07) is 16.7. The first-order valence-corrected chi connectivity index (χ1v) is 11.1. The molecule has 2 aromatic rings. The van der Waals surface area contributed by atoms with Crippen molar-refractivity contribution in [2.24, 2.45) is 10.9 Å². The minimum absolute atomic E-state index is 0. The average Bonchev–Trinajstić information content (AvgIpc) is 3.24. The van der Waals surface area contributed by atoms with E-state index in [1.807, 2.05) is 31.3 Å². The van der Waals surface area contributed by atoms with Gasteiger partial charge in [-0.1, -0.05) is 30.3 Å². The molecule has 2 aromatic carbocycles. The average molecular weight is 550 g/mol. The molecule has 0 aliphatic carbocycles. The Kier molecular flexibility index (Phi) is 8.14. The fourth-order valence-electron chi connectivity index (χ4n) is 4.64. The molecule has 0 spiro atoms. The first-order chi connectivity index (χ1) is 15.0. The molecule has 0 radical (unpaired) electrons. The van der Waals surface area contributed by atoms with E-state index in [9.17, 15) is 0 Å². The summed E-state index contributed by atoms with van der Waals surface area (Å²) in [7, 11) is 3.57. The van der Waals surface area contributed by atoms with Crippen LogP contribution < -0.4 is 25.0 Å². The van der Waals surface area contributed by atoms with Gasteiger partial charge in [0.1, 0.15) is 17.1 Å². The molecular weight excluding hydrogens is 515 g/mol. The normalized spacial score (nSPS) is 21.8. The molecule has 0 aromatic heterocycles. The molecule has 0 amide bonds. The van der Waals surface area contributed by atoms with Crippen LogP contribution in [0.4, 0.5) is 5.69 Å². The number of guanidine groups is 1. The second-order valence-corrected chi connectivity index (χ2v) is 9.03. The summed E-state index contributed by atoms with van der Waals surface area (Å²) in [5, 5.41) is 7.19. The van der Waals surface area contributed by atoms with Gasteiger partial charge >= 0.3 is 0 Å². The van der Waals surface area contributed by atoms with Crippen molar-refractivity contribution in [2.75, 3.05) is 38.7 Å². The van der Waals surface area contributed by atoms with Gasteiger partial charge in [-0.25, -0.2) is 0 Å². The van der Waals surface area contributed by atoms with E-state index >= 15 is 0 Å². The fraction of sp³-hybridized carbons (Fsp3) is 0.480. The molecule has 2 aliphatic heterocycles. The van der Waals surface area contributed by atoms with Crippen molar-refractivity contribution in [3.63, 3.8) is 0 Å². The zero-order chi connectivity index (χ0) is 21.8. The zero-order valence-corrected chi connectivity index (χ0v) is 21.8. The standard InChI is InChI=1S/C25H34N4O2.HI/c1-25(2)15-20(19-9-5-7-11-22(19)31-25)28-24(26-3)27-16-18-13-14-29(17-18)21-10-6-8-12-23(21)30-4;/h5-12,18,20H,13-17H2,1-4H3,(H2,26,27,28);1H. The minimum Gasteiger partial charge on any atom is -0.495 e. The van der Waals surface area contributed by atoms with Gasteiger partial charge in [-0.2, -0.15) is 0 Å². The van der Waals surface area contributed by atoms with E-state index in [2.05, 4.69) is 58.6 Å². The fourth-order valence-corrected chi connectivity index (χ4v) is 4.64. The molecule has 6 nitrogen and oxygen atoms in total. The maximum Gasteiger partial charge on any atom is 0.191 e. The van der Waals surface area contributed by atoms with Gasteiger partial charge in [-0.15, -0.1) is 24.0 Å². The summed E-state index contributed by atoms with van der Waals surface area (Å²) in [5.41, 5.74) is 2.15. The number of aliphatic imine (C=N–C) groups is 1. The van der Waals surface area contributed by atoms with Crippen LogP contribution in [0.15, 0.2) is 53.5 Å². The lowest BCUT2D eigenvalue weighted by atomic mass is 9.90. The van der Waals surface area contributed by atoms with Gasteiger partial charge in [-0.3, -0.25) is 4.99 Å². The molecule has 4 rings (SSSR count). The minimum atomic E-state index is -0.217. The lowest BCUT2D eigenvalue weighted by molar-refractivity contribution is 0.0694. The van der Waals surface area contributed by atoms with E-state index < -0.39 is 0 Å². The van der Waals surface area contributed by atoms with E-state index in [0.29, 0.717) is 5.92 Å². The lowest BCUT2D eigenvalue weighted by Crippen LogP contribution is -2.46. The summed E-state index contributed by atoms with van der Waals surface area (Å²) >= 11 is 0. The van der Waals surface area contributed by atoms with Gasteiger partial charge in [0.15, 0.2) is 5.96 Å². The molecule has 2 N–H and O–H groups in total. The van der Waals surface area contributed by atoms with Gasteiger partial charge in [0, 0.05) is 38.7 Å². The van der Waals surface area contributed by atoms with Gasteiger partial charge in [-0.05, 0) is 44.4 Å². The predicted molar refractivity (Wildman–Crippen MR) is 142 cm³/mol. The third-order valence-electron chi connectivity index (χ3n) is 6.18. The van der Waals surface area contributed by atoms with Crippen LogP contribution in [0.3, 0.4) is 0 Å². The van der Waals surface area contributed by atoms with Gasteiger partial charge < -0.3 is 25.0 Å². The molecule has 32 heavy (non-hydrogen) atoms. The number of nitrogens with one attached hydrogen (secondary N) is 2. The maximum atomic E-state index is 6.16. The summed E-state index contributed by atoms with van der Waals surface area (Å²) in [6.07, 6.45) is 2.03. The van der Waals surface area contributed by atoms with E-state index in [-0.39, 0.29) is 35.6 Å². The Balaban J connectivity index is 0.00000289. The van der Waals surface area contributed by atoms with Crippen molar-refractivity contribution in [1.82, 2.24) is 10.6 Å². The number of ether oxygens (including phenoxy) is 2. The second kappa shape index (κ2) is 10.6. The SMILES string of the molecule is CN=C(NCC1CCN(c2ccccc2OC)C1)NC1CC(C)(C)Oc2ccccc21.I. The second-order valence-electron chi connectivity index (χ2n) is 9.03. The monoisotopic (exact) mass is 550 g/mol. The quantitative estimate of drug-likeness (QED) is 0.324. The van der Waals surface area contributed by atoms with Crippen LogP contribution in [0.5, 0.6) is 11.5 Å². The Morgan fingerprint density at radius 1 is 1.19 bits per heavy atom. The van der Waals surface area contributed by atoms with Gasteiger partial charge in [0.05, 0.1) is 18.8 Å². The highest BCUT2D eigenvalue weighted by Crippen LogP contribution is 2.39. The number of nitrogens with zero attached hydrogens (tertiary/aromatic N) is 2. The number of rotatable bonds is 5. The third-order valence-corrected chi connectivity index (χ3v) is 6.18. The van der Waals surface area contributed by atoms with Gasteiger partial charge in [0.2, 0.25) is 0 Å². The number of fused-ring (bicyclic) bond motifs is 1. The lowest BCUT2D eigenvalue weighted by Gasteiger charge is -2.38. The number of halogens is 1. The molecule has 2 aliphatic rings. The number of para-hydroxylation sites is 3. The van der Waals surface area contributed by atoms with E-state index in [4.69, 9.17) is 9.47 Å². The molecule has 174 valence electrons. The van der Waals surface area contributed by atoms with Crippen LogP contribution in [-0.2, 0) is 0 Å². The smallest absolute Gasteiger partial charge is 0.191 e. The Hall–Kier alpha value is -2.16. The molecule has 1 saturated heterocycles. The Labute approximate surface area is 208 Å². The Morgan fingerprint density at radius 2 is 1.94 bits per heavy atom. The van der Waals surface area contributed by atoms with E-state index in [0.717, 1.165) is 49.9 Å². The highest BCUT2D eigenvalue weighted by Gasteiger charge is 2.34. The summed E-state index contributed by atoms with van der Waals surface area (Å²) in [5.74, 6) is 3.29. The molecule has 2 heterocycles. The third kappa shape index (κ3) is 5.60. The van der Waals surface area contributed by atoms with Crippen LogP contribution in [0.1, 0.15) is 38.3 Å². The van der Waals surface area contributed by atoms with E-state index in [1.165, 1.54) is 11.3 Å². The van der Waals surface area contributed by atoms with Crippen LogP contribution in [0.2, 0.25) is 0 Å². The maximum absolute atomic E-state index is 6.16. The number of anilines is 1. The van der Waals surface area contributed by atoms with E-state index in [1.54, 1.807) is 7.11 Å². The van der Waals surface area contributed by atoms with Crippen molar-refractivity contribution >= 4 is 35.6 Å². The van der Waals surface area contributed by atoms with Crippen LogP contribution in [0, 0.1) is 5.92 Å². The highest BCUT2D eigenvalue weighted by atomic mass is 127. The van der Waals surface area contributed by atoms with Crippen LogP contribution >= 0.6 is 24.0 Å². The van der Waals surface area contributed by atoms with Crippen molar-refractivity contribution in [1.29, 1.82) is 0 Å². The molecule has 1 fully saturated rings. The van der Waals surface area contributed by atoms with Crippen molar-refractivity contribution in [2.45, 2.75) is 38.3 Å². The number of hydrogen-bond acceptors (Lipinski definition) is 4. The van der Waals surface area contributed by atoms with Crippen LogP contribution in [0.25, 0.3) is 0 Å². The molecule has 2 atom stereocenters.